The summed E-state index contributed by atoms with van der Waals surface area (Å²) in [7, 11) is 0. The fourth-order valence-electron chi connectivity index (χ4n) is 1.51. The first-order chi connectivity index (χ1) is 6.76. The maximum absolute atomic E-state index is 9.14. The summed E-state index contributed by atoms with van der Waals surface area (Å²) in [4.78, 5) is 4.25. The summed E-state index contributed by atoms with van der Waals surface area (Å²) in [5.74, 6) is 0.937. The number of hydrogen-bond donors (Lipinski definition) is 2. The van der Waals surface area contributed by atoms with E-state index in [1.807, 2.05) is 19.1 Å². The maximum atomic E-state index is 9.14. The standard InChI is InChI=1S/C11H16N2O/c1-9-3-2-6-12-10(9)13-7-11(8-14)4-5-11/h2-3,6,14H,4-5,7-8H2,1H3,(H,12,13). The van der Waals surface area contributed by atoms with Crippen LogP contribution in [0.1, 0.15) is 18.4 Å². The van der Waals surface area contributed by atoms with E-state index in [4.69, 9.17) is 5.11 Å². The van der Waals surface area contributed by atoms with Gasteiger partial charge in [-0.05, 0) is 31.4 Å². The number of anilines is 1. The van der Waals surface area contributed by atoms with Gasteiger partial charge in [-0.25, -0.2) is 4.98 Å². The molecule has 1 saturated carbocycles. The van der Waals surface area contributed by atoms with Crippen molar-refractivity contribution >= 4 is 5.82 Å². The van der Waals surface area contributed by atoms with E-state index in [0.29, 0.717) is 0 Å². The van der Waals surface area contributed by atoms with Gasteiger partial charge in [-0.1, -0.05) is 6.07 Å². The Bertz CT molecular complexity index is 321. The Kier molecular flexibility index (Phi) is 2.42. The number of aliphatic hydroxyl groups excluding tert-OH is 1. The Hall–Kier alpha value is -1.09. The molecular weight excluding hydrogens is 176 g/mol. The predicted molar refractivity (Wildman–Crippen MR) is 56.2 cm³/mol. The molecule has 3 heteroatoms. The van der Waals surface area contributed by atoms with Crippen LogP contribution >= 0.6 is 0 Å². The third-order valence-electron chi connectivity index (χ3n) is 2.93. The summed E-state index contributed by atoms with van der Waals surface area (Å²) >= 11 is 0. The van der Waals surface area contributed by atoms with Gasteiger partial charge in [-0.3, -0.25) is 0 Å². The molecule has 0 aromatic carbocycles. The normalized spacial score (nSPS) is 17.9. The average molecular weight is 192 g/mol. The number of rotatable bonds is 4. The van der Waals surface area contributed by atoms with E-state index < -0.39 is 0 Å². The first kappa shape index (κ1) is 9.46. The van der Waals surface area contributed by atoms with Crippen molar-refractivity contribution in [1.29, 1.82) is 0 Å². The molecule has 2 rings (SSSR count). The molecule has 76 valence electrons. The van der Waals surface area contributed by atoms with Crippen LogP contribution in [-0.2, 0) is 0 Å². The van der Waals surface area contributed by atoms with Gasteiger partial charge in [0.2, 0.25) is 0 Å². The van der Waals surface area contributed by atoms with Crippen molar-refractivity contribution < 1.29 is 5.11 Å². The van der Waals surface area contributed by atoms with Gasteiger partial charge in [0.15, 0.2) is 0 Å². The van der Waals surface area contributed by atoms with E-state index in [9.17, 15) is 0 Å². The van der Waals surface area contributed by atoms with Crippen LogP contribution in [-0.4, -0.2) is 23.2 Å². The minimum absolute atomic E-state index is 0.143. The molecule has 1 aliphatic carbocycles. The van der Waals surface area contributed by atoms with Gasteiger partial charge in [-0.15, -0.1) is 0 Å². The second-order valence-corrected chi connectivity index (χ2v) is 4.18. The minimum atomic E-state index is 0.143. The molecule has 0 unspecified atom stereocenters. The van der Waals surface area contributed by atoms with Crippen LogP contribution in [0.5, 0.6) is 0 Å². The third-order valence-corrected chi connectivity index (χ3v) is 2.93. The Morgan fingerprint density at radius 1 is 1.57 bits per heavy atom. The number of aromatic nitrogens is 1. The van der Waals surface area contributed by atoms with E-state index in [1.54, 1.807) is 6.20 Å². The third kappa shape index (κ3) is 1.87. The topological polar surface area (TPSA) is 45.2 Å². The van der Waals surface area contributed by atoms with Crippen LogP contribution in [0.15, 0.2) is 18.3 Å². The molecule has 0 saturated heterocycles. The Morgan fingerprint density at radius 2 is 2.36 bits per heavy atom. The number of nitrogens with zero attached hydrogens (tertiary/aromatic N) is 1. The molecule has 14 heavy (non-hydrogen) atoms. The molecule has 0 bridgehead atoms. The molecule has 0 atom stereocenters. The molecule has 0 spiro atoms. The van der Waals surface area contributed by atoms with Gasteiger partial charge in [0, 0.05) is 18.2 Å². The monoisotopic (exact) mass is 192 g/mol. The molecular formula is C11H16N2O. The van der Waals surface area contributed by atoms with Crippen LogP contribution in [0.3, 0.4) is 0 Å². The average Bonchev–Trinajstić information content (AvgIpc) is 2.98. The number of aryl methyl sites for hydroxylation is 1. The van der Waals surface area contributed by atoms with Crippen molar-refractivity contribution in [3.05, 3.63) is 23.9 Å². The van der Waals surface area contributed by atoms with E-state index in [1.165, 1.54) is 0 Å². The first-order valence-corrected chi connectivity index (χ1v) is 5.02. The van der Waals surface area contributed by atoms with E-state index in [2.05, 4.69) is 10.3 Å². The number of pyridine rings is 1. The van der Waals surface area contributed by atoms with Gasteiger partial charge in [0.1, 0.15) is 5.82 Å². The highest BCUT2D eigenvalue weighted by atomic mass is 16.3. The van der Waals surface area contributed by atoms with E-state index in [-0.39, 0.29) is 12.0 Å². The van der Waals surface area contributed by atoms with Gasteiger partial charge in [0.05, 0.1) is 6.61 Å². The van der Waals surface area contributed by atoms with Crippen LogP contribution in [0.4, 0.5) is 5.82 Å². The van der Waals surface area contributed by atoms with Crippen molar-refractivity contribution in [3.8, 4) is 0 Å². The molecule has 1 aliphatic rings. The highest BCUT2D eigenvalue weighted by Crippen LogP contribution is 2.44. The van der Waals surface area contributed by atoms with Crippen LogP contribution < -0.4 is 5.32 Å². The molecule has 1 aromatic rings. The smallest absolute Gasteiger partial charge is 0.128 e. The second kappa shape index (κ2) is 3.58. The Morgan fingerprint density at radius 3 is 2.93 bits per heavy atom. The highest BCUT2D eigenvalue weighted by molar-refractivity contribution is 5.42. The first-order valence-electron chi connectivity index (χ1n) is 5.02. The largest absolute Gasteiger partial charge is 0.396 e. The summed E-state index contributed by atoms with van der Waals surface area (Å²) in [5, 5.41) is 12.4. The van der Waals surface area contributed by atoms with Crippen LogP contribution in [0.2, 0.25) is 0 Å². The van der Waals surface area contributed by atoms with Crippen molar-refractivity contribution in [2.45, 2.75) is 19.8 Å². The summed E-state index contributed by atoms with van der Waals surface area (Å²) < 4.78 is 0. The number of nitrogens with one attached hydrogen (secondary N) is 1. The SMILES string of the molecule is Cc1cccnc1NCC1(CO)CC1. The van der Waals surface area contributed by atoms with Gasteiger partial charge in [0.25, 0.3) is 0 Å². The molecule has 1 heterocycles. The number of hydrogen-bond acceptors (Lipinski definition) is 3. The Labute approximate surface area is 84.2 Å². The van der Waals surface area contributed by atoms with E-state index >= 15 is 0 Å². The fraction of sp³-hybridized carbons (Fsp3) is 0.545. The predicted octanol–water partition coefficient (Wildman–Crippen LogP) is 1.57. The lowest BCUT2D eigenvalue weighted by Gasteiger charge is -2.14. The molecule has 0 aliphatic heterocycles. The molecule has 0 radical (unpaired) electrons. The zero-order valence-corrected chi connectivity index (χ0v) is 8.45. The van der Waals surface area contributed by atoms with Gasteiger partial charge < -0.3 is 10.4 Å². The second-order valence-electron chi connectivity index (χ2n) is 4.18. The van der Waals surface area contributed by atoms with Crippen molar-refractivity contribution in [3.63, 3.8) is 0 Å². The van der Waals surface area contributed by atoms with Gasteiger partial charge in [-0.2, -0.15) is 0 Å². The molecule has 1 aromatic heterocycles. The molecule has 3 nitrogen and oxygen atoms in total. The quantitative estimate of drug-likeness (QED) is 0.761. The minimum Gasteiger partial charge on any atom is -0.396 e. The maximum Gasteiger partial charge on any atom is 0.128 e. The fourth-order valence-corrected chi connectivity index (χ4v) is 1.51. The summed E-state index contributed by atoms with van der Waals surface area (Å²) in [6.45, 7) is 3.15. The van der Waals surface area contributed by atoms with Crippen molar-refractivity contribution in [2.24, 2.45) is 5.41 Å². The van der Waals surface area contributed by atoms with E-state index in [0.717, 1.165) is 30.8 Å². The number of aliphatic hydroxyl groups is 1. The van der Waals surface area contributed by atoms with Crippen LogP contribution in [0.25, 0.3) is 0 Å². The Balaban J connectivity index is 1.95. The lowest BCUT2D eigenvalue weighted by Crippen LogP contribution is -2.19. The summed E-state index contributed by atoms with van der Waals surface area (Å²) in [5.41, 5.74) is 1.30. The lowest BCUT2D eigenvalue weighted by atomic mass is 10.1. The summed E-state index contributed by atoms with van der Waals surface area (Å²) in [6.07, 6.45) is 4.04. The van der Waals surface area contributed by atoms with Gasteiger partial charge >= 0.3 is 0 Å². The van der Waals surface area contributed by atoms with Crippen LogP contribution in [0, 0.1) is 12.3 Å². The van der Waals surface area contributed by atoms with Crippen molar-refractivity contribution in [2.75, 3.05) is 18.5 Å². The zero-order chi connectivity index (χ0) is 10.0. The lowest BCUT2D eigenvalue weighted by molar-refractivity contribution is 0.219. The molecule has 2 N–H and O–H groups in total. The van der Waals surface area contributed by atoms with Crippen molar-refractivity contribution in [1.82, 2.24) is 4.98 Å². The molecule has 1 fully saturated rings. The molecule has 0 amide bonds. The highest BCUT2D eigenvalue weighted by Gasteiger charge is 2.41. The summed E-state index contributed by atoms with van der Waals surface area (Å²) in [6, 6.07) is 3.97. The zero-order valence-electron chi connectivity index (χ0n) is 8.45.